The number of para-hydroxylation sites is 1. The molecule has 4 N–H and O–H groups in total. The third-order valence-corrected chi connectivity index (χ3v) is 7.04. The van der Waals surface area contributed by atoms with Crippen molar-refractivity contribution < 1.29 is 19.2 Å². The highest BCUT2D eigenvalue weighted by molar-refractivity contribution is 6.31. The molecule has 0 aromatic heterocycles. The van der Waals surface area contributed by atoms with Crippen molar-refractivity contribution in [2.75, 3.05) is 10.6 Å². The number of halogens is 1. The van der Waals surface area contributed by atoms with Gasteiger partial charge in [0.1, 0.15) is 5.92 Å². The third-order valence-electron chi connectivity index (χ3n) is 6.63. The molecule has 0 aliphatic carbocycles. The van der Waals surface area contributed by atoms with Crippen molar-refractivity contribution in [2.24, 2.45) is 11.3 Å². The highest BCUT2D eigenvalue weighted by Crippen LogP contribution is 2.36. The predicted molar refractivity (Wildman–Crippen MR) is 147 cm³/mol. The van der Waals surface area contributed by atoms with Crippen LogP contribution in [0.3, 0.4) is 0 Å². The smallest absolute Gasteiger partial charge is 0.253 e. The lowest BCUT2D eigenvalue weighted by Crippen LogP contribution is -2.50. The largest absolute Gasteiger partial charge is 0.352 e. The highest BCUT2D eigenvalue weighted by atomic mass is 35.5. The number of rotatable bonds is 7. The Kier molecular flexibility index (Phi) is 7.83. The molecule has 38 heavy (non-hydrogen) atoms. The van der Waals surface area contributed by atoms with Gasteiger partial charge in [0.05, 0.1) is 22.4 Å². The van der Waals surface area contributed by atoms with Crippen LogP contribution in [0.15, 0.2) is 66.7 Å². The molecule has 8 nitrogen and oxygen atoms in total. The molecular formula is C29H29ClN4O4. The van der Waals surface area contributed by atoms with Crippen LogP contribution in [0.2, 0.25) is 5.02 Å². The van der Waals surface area contributed by atoms with E-state index in [1.807, 2.05) is 49.4 Å². The van der Waals surface area contributed by atoms with E-state index in [0.29, 0.717) is 5.02 Å². The van der Waals surface area contributed by atoms with Crippen molar-refractivity contribution in [1.82, 2.24) is 10.6 Å². The van der Waals surface area contributed by atoms with Gasteiger partial charge in [-0.3, -0.25) is 19.2 Å². The molecule has 3 aromatic carbocycles. The minimum Gasteiger partial charge on any atom is -0.352 e. The predicted octanol–water partition coefficient (Wildman–Crippen LogP) is 4.43. The number of nitrogens with one attached hydrogen (secondary N) is 4. The molecular weight excluding hydrogens is 504 g/mol. The molecule has 0 radical (unpaired) electrons. The van der Waals surface area contributed by atoms with Crippen LogP contribution in [-0.4, -0.2) is 23.6 Å². The van der Waals surface area contributed by atoms with Gasteiger partial charge in [-0.1, -0.05) is 60.1 Å². The van der Waals surface area contributed by atoms with Crippen LogP contribution in [0.1, 0.15) is 40.9 Å². The maximum Gasteiger partial charge on any atom is 0.253 e. The summed E-state index contributed by atoms with van der Waals surface area (Å²) in [6.07, 6.45) is 0. The number of carbonyl (C=O) groups excluding carboxylic acids is 4. The summed E-state index contributed by atoms with van der Waals surface area (Å²) in [7, 11) is 0. The molecule has 1 aliphatic rings. The number of hydrogen-bond donors (Lipinski definition) is 4. The van der Waals surface area contributed by atoms with E-state index in [-0.39, 0.29) is 30.0 Å². The Hall–Kier alpha value is -4.17. The van der Waals surface area contributed by atoms with Crippen molar-refractivity contribution in [3.63, 3.8) is 0 Å². The molecule has 3 aromatic rings. The molecule has 0 spiro atoms. The zero-order valence-corrected chi connectivity index (χ0v) is 22.1. The minimum atomic E-state index is -1.38. The fourth-order valence-corrected chi connectivity index (χ4v) is 4.52. The zero-order valence-electron chi connectivity index (χ0n) is 21.4. The number of benzene rings is 3. The van der Waals surface area contributed by atoms with Gasteiger partial charge < -0.3 is 21.3 Å². The number of anilines is 2. The van der Waals surface area contributed by atoms with E-state index in [2.05, 4.69) is 21.3 Å². The van der Waals surface area contributed by atoms with E-state index in [1.165, 1.54) is 0 Å². The van der Waals surface area contributed by atoms with Gasteiger partial charge in [-0.25, -0.2) is 0 Å². The van der Waals surface area contributed by atoms with Crippen molar-refractivity contribution in [2.45, 2.75) is 33.9 Å². The summed E-state index contributed by atoms with van der Waals surface area (Å²) in [4.78, 5) is 52.7. The number of fused-ring (bicyclic) bond motifs is 1. The van der Waals surface area contributed by atoms with Gasteiger partial charge in [0.15, 0.2) is 0 Å². The van der Waals surface area contributed by atoms with E-state index in [4.69, 9.17) is 11.6 Å². The van der Waals surface area contributed by atoms with E-state index >= 15 is 0 Å². The summed E-state index contributed by atoms with van der Waals surface area (Å²) >= 11 is 6.18. The summed E-state index contributed by atoms with van der Waals surface area (Å²) in [6, 6.07) is 19.6. The average molecular weight is 533 g/mol. The van der Waals surface area contributed by atoms with E-state index in [9.17, 15) is 19.2 Å². The molecule has 0 saturated heterocycles. The molecule has 0 bridgehead atoms. The number of aryl methyl sites for hydroxylation is 1. The lowest BCUT2D eigenvalue weighted by molar-refractivity contribution is -0.144. The molecule has 0 saturated carbocycles. The Balaban J connectivity index is 1.51. The first kappa shape index (κ1) is 26.9. The van der Waals surface area contributed by atoms with Gasteiger partial charge >= 0.3 is 0 Å². The molecule has 1 heterocycles. The first-order valence-corrected chi connectivity index (χ1v) is 12.6. The Morgan fingerprint density at radius 3 is 2.26 bits per heavy atom. The number of hydrogen-bond acceptors (Lipinski definition) is 4. The monoisotopic (exact) mass is 532 g/mol. The van der Waals surface area contributed by atoms with Gasteiger partial charge in [-0.15, -0.1) is 0 Å². The van der Waals surface area contributed by atoms with Gasteiger partial charge in [-0.2, -0.15) is 0 Å². The van der Waals surface area contributed by atoms with Crippen molar-refractivity contribution in [3.8, 4) is 0 Å². The molecule has 1 unspecified atom stereocenters. The molecule has 9 heteroatoms. The Morgan fingerprint density at radius 2 is 1.55 bits per heavy atom. The van der Waals surface area contributed by atoms with Crippen molar-refractivity contribution >= 4 is 46.6 Å². The number of amides is 4. The van der Waals surface area contributed by atoms with Gasteiger partial charge in [0.2, 0.25) is 17.7 Å². The SMILES string of the molecule is Cc1ccc(CNC(=O)c2cccc3c2NC(=O)C(C(C)(C)C(=O)NCc2ccccc2)C(=O)N3)cc1Cl. The summed E-state index contributed by atoms with van der Waals surface area (Å²) < 4.78 is 0. The normalized spacial score (nSPS) is 15.0. The van der Waals surface area contributed by atoms with E-state index in [0.717, 1.165) is 16.7 Å². The molecule has 4 amide bonds. The quantitative estimate of drug-likeness (QED) is 0.337. The standard InChI is InChI=1S/C29H29ClN4O4/c1-17-12-13-19(14-21(17)30)16-31-25(35)20-10-7-11-22-24(20)34-27(37)23(26(36)33-22)29(2,3)28(38)32-15-18-8-5-4-6-9-18/h4-14,23H,15-16H2,1-3H3,(H,31,35)(H,32,38)(H,33,36)(H,34,37). The van der Waals surface area contributed by atoms with Crippen LogP contribution in [-0.2, 0) is 27.5 Å². The lowest BCUT2D eigenvalue weighted by atomic mass is 9.76. The molecule has 0 fully saturated rings. The second kappa shape index (κ2) is 11.1. The topological polar surface area (TPSA) is 116 Å². The molecule has 196 valence electrons. The first-order valence-electron chi connectivity index (χ1n) is 12.2. The van der Waals surface area contributed by atoms with Gasteiger partial charge in [0.25, 0.3) is 5.91 Å². The third kappa shape index (κ3) is 5.70. The van der Waals surface area contributed by atoms with Crippen LogP contribution in [0, 0.1) is 18.3 Å². The first-order chi connectivity index (χ1) is 18.1. The molecule has 4 rings (SSSR count). The second-order valence-corrected chi connectivity index (χ2v) is 10.2. The summed E-state index contributed by atoms with van der Waals surface area (Å²) in [5.41, 5.74) is 1.89. The fourth-order valence-electron chi connectivity index (χ4n) is 4.32. The Bertz CT molecular complexity index is 1400. The minimum absolute atomic E-state index is 0.174. The average Bonchev–Trinajstić information content (AvgIpc) is 3.02. The van der Waals surface area contributed by atoms with Crippen LogP contribution in [0.5, 0.6) is 0 Å². The second-order valence-electron chi connectivity index (χ2n) is 9.80. The number of carbonyl (C=O) groups is 4. The highest BCUT2D eigenvalue weighted by Gasteiger charge is 2.47. The fraction of sp³-hybridized carbons (Fsp3) is 0.241. The van der Waals surface area contributed by atoms with Crippen LogP contribution < -0.4 is 21.3 Å². The summed E-state index contributed by atoms with van der Waals surface area (Å²) in [5.74, 6) is -3.53. The van der Waals surface area contributed by atoms with Crippen LogP contribution in [0.4, 0.5) is 11.4 Å². The lowest BCUT2D eigenvalue weighted by Gasteiger charge is -2.29. The van der Waals surface area contributed by atoms with Crippen molar-refractivity contribution in [1.29, 1.82) is 0 Å². The van der Waals surface area contributed by atoms with Crippen LogP contribution >= 0.6 is 11.6 Å². The van der Waals surface area contributed by atoms with Gasteiger partial charge in [-0.05, 0) is 55.7 Å². The van der Waals surface area contributed by atoms with E-state index < -0.39 is 35.0 Å². The Labute approximate surface area is 226 Å². The maximum atomic E-state index is 13.3. The van der Waals surface area contributed by atoms with Crippen LogP contribution in [0.25, 0.3) is 0 Å². The Morgan fingerprint density at radius 1 is 0.868 bits per heavy atom. The molecule has 1 atom stereocenters. The van der Waals surface area contributed by atoms with Crippen molar-refractivity contribution in [3.05, 3.63) is 94.0 Å². The maximum absolute atomic E-state index is 13.3. The van der Waals surface area contributed by atoms with E-state index in [1.54, 1.807) is 38.1 Å². The summed E-state index contributed by atoms with van der Waals surface area (Å²) in [6.45, 7) is 5.47. The summed E-state index contributed by atoms with van der Waals surface area (Å²) in [5, 5.41) is 11.7. The molecule has 1 aliphatic heterocycles. The van der Waals surface area contributed by atoms with Gasteiger partial charge in [0, 0.05) is 18.1 Å². The zero-order chi connectivity index (χ0) is 27.4.